The average molecular weight is 98.1 g/mol. The van der Waals surface area contributed by atoms with E-state index >= 15 is 0 Å². The molecule has 2 heteroatoms. The van der Waals surface area contributed by atoms with E-state index in [9.17, 15) is 0 Å². The van der Waals surface area contributed by atoms with E-state index in [1.165, 1.54) is 0 Å². The van der Waals surface area contributed by atoms with Crippen LogP contribution >= 0.6 is 0 Å². The van der Waals surface area contributed by atoms with Gasteiger partial charge in [0.1, 0.15) is 0 Å². The van der Waals surface area contributed by atoms with Gasteiger partial charge in [-0.1, -0.05) is 6.08 Å². The van der Waals surface area contributed by atoms with Crippen molar-refractivity contribution in [1.29, 1.82) is 5.41 Å². The van der Waals surface area contributed by atoms with Crippen LogP contribution in [0, 0.1) is 5.41 Å². The SMILES string of the molecule is C/C=C/C(=N)CN. The summed E-state index contributed by atoms with van der Waals surface area (Å²) in [4.78, 5) is 0. The Hall–Kier alpha value is -0.630. The van der Waals surface area contributed by atoms with Crippen LogP contribution in [-0.4, -0.2) is 12.3 Å². The van der Waals surface area contributed by atoms with E-state index in [0.29, 0.717) is 12.3 Å². The largest absolute Gasteiger partial charge is 0.325 e. The summed E-state index contributed by atoms with van der Waals surface area (Å²) < 4.78 is 0. The molecule has 3 N–H and O–H groups in total. The number of nitrogens with two attached hydrogens (primary N) is 1. The summed E-state index contributed by atoms with van der Waals surface area (Å²) in [6, 6.07) is 0. The second-order valence-electron chi connectivity index (χ2n) is 1.23. The highest BCUT2D eigenvalue weighted by Crippen LogP contribution is 1.70. The monoisotopic (exact) mass is 98.1 g/mol. The molecule has 0 fully saturated rings. The fraction of sp³-hybridized carbons (Fsp3) is 0.400. The number of hydrogen-bond donors (Lipinski definition) is 2. The fourth-order valence-corrected chi connectivity index (χ4v) is 0.269. The minimum Gasteiger partial charge on any atom is -0.325 e. The third kappa shape index (κ3) is 3.19. The molecule has 0 radical (unpaired) electrons. The summed E-state index contributed by atoms with van der Waals surface area (Å²) in [6.07, 6.45) is 3.48. The van der Waals surface area contributed by atoms with Gasteiger partial charge in [-0.25, -0.2) is 0 Å². The average Bonchev–Trinajstić information content (AvgIpc) is 1.68. The lowest BCUT2D eigenvalue weighted by Gasteiger charge is -1.84. The third-order valence-electron chi connectivity index (χ3n) is 0.588. The minimum atomic E-state index is 0.338. The van der Waals surface area contributed by atoms with Crippen LogP contribution in [0.4, 0.5) is 0 Å². The molecule has 0 spiro atoms. The van der Waals surface area contributed by atoms with Crippen LogP contribution < -0.4 is 5.73 Å². The Balaban J connectivity index is 3.37. The van der Waals surface area contributed by atoms with Gasteiger partial charge in [-0.3, -0.25) is 0 Å². The third-order valence-corrected chi connectivity index (χ3v) is 0.588. The molecule has 0 aliphatic heterocycles. The maximum absolute atomic E-state index is 6.93. The molecule has 0 unspecified atom stereocenters. The topological polar surface area (TPSA) is 49.9 Å². The molecule has 0 saturated carbocycles. The molecule has 0 bridgehead atoms. The number of nitrogens with one attached hydrogen (secondary N) is 1. The molecule has 0 atom stereocenters. The Morgan fingerprint density at radius 2 is 2.43 bits per heavy atom. The van der Waals surface area contributed by atoms with Gasteiger partial charge in [-0.2, -0.15) is 0 Å². The Bertz CT molecular complexity index is 84.1. The molecule has 0 saturated heterocycles. The summed E-state index contributed by atoms with van der Waals surface area (Å²) in [7, 11) is 0. The maximum atomic E-state index is 6.93. The zero-order valence-electron chi connectivity index (χ0n) is 4.44. The van der Waals surface area contributed by atoms with Gasteiger partial charge in [0, 0.05) is 12.3 Å². The molecule has 0 aliphatic carbocycles. The summed E-state index contributed by atoms with van der Waals surface area (Å²) in [5, 5.41) is 6.93. The summed E-state index contributed by atoms with van der Waals surface area (Å²) in [5.74, 6) is 0. The van der Waals surface area contributed by atoms with Gasteiger partial charge < -0.3 is 11.1 Å². The highest BCUT2D eigenvalue weighted by atomic mass is 14.6. The maximum Gasteiger partial charge on any atom is 0.0446 e. The first-order chi connectivity index (χ1) is 3.31. The van der Waals surface area contributed by atoms with E-state index in [-0.39, 0.29) is 0 Å². The fourth-order valence-electron chi connectivity index (χ4n) is 0.269. The van der Waals surface area contributed by atoms with Crippen LogP contribution in [0.5, 0.6) is 0 Å². The zero-order valence-corrected chi connectivity index (χ0v) is 4.44. The van der Waals surface area contributed by atoms with Crippen molar-refractivity contribution in [2.24, 2.45) is 5.73 Å². The molecule has 2 nitrogen and oxygen atoms in total. The minimum absolute atomic E-state index is 0.338. The van der Waals surface area contributed by atoms with Crippen molar-refractivity contribution >= 4 is 5.71 Å². The molecule has 0 aliphatic rings. The normalized spacial score (nSPS) is 10.0. The highest BCUT2D eigenvalue weighted by molar-refractivity contribution is 5.93. The van der Waals surface area contributed by atoms with E-state index in [4.69, 9.17) is 11.1 Å². The Kier molecular flexibility index (Phi) is 3.24. The Morgan fingerprint density at radius 1 is 1.86 bits per heavy atom. The number of rotatable bonds is 2. The second kappa shape index (κ2) is 3.56. The van der Waals surface area contributed by atoms with Gasteiger partial charge in [0.2, 0.25) is 0 Å². The van der Waals surface area contributed by atoms with Gasteiger partial charge in [-0.05, 0) is 13.0 Å². The molecule has 0 aromatic carbocycles. The lowest BCUT2D eigenvalue weighted by Crippen LogP contribution is -2.08. The van der Waals surface area contributed by atoms with Crippen molar-refractivity contribution in [2.75, 3.05) is 6.54 Å². The molecule has 0 rings (SSSR count). The summed E-state index contributed by atoms with van der Waals surface area (Å²) in [5.41, 5.74) is 5.56. The van der Waals surface area contributed by atoms with Crippen LogP contribution in [0.2, 0.25) is 0 Å². The van der Waals surface area contributed by atoms with E-state index in [1.54, 1.807) is 12.2 Å². The zero-order chi connectivity index (χ0) is 5.70. The smallest absolute Gasteiger partial charge is 0.0446 e. The molecular formula is C5H10N2. The van der Waals surface area contributed by atoms with Crippen LogP contribution in [0.1, 0.15) is 6.92 Å². The van der Waals surface area contributed by atoms with Gasteiger partial charge in [0.25, 0.3) is 0 Å². The van der Waals surface area contributed by atoms with Gasteiger partial charge in [0.05, 0.1) is 0 Å². The predicted molar refractivity (Wildman–Crippen MR) is 31.6 cm³/mol. The first kappa shape index (κ1) is 6.37. The van der Waals surface area contributed by atoms with Crippen LogP contribution in [0.15, 0.2) is 12.2 Å². The van der Waals surface area contributed by atoms with E-state index in [1.807, 2.05) is 6.92 Å². The lowest BCUT2D eigenvalue weighted by atomic mass is 10.3. The lowest BCUT2D eigenvalue weighted by molar-refractivity contribution is 1.28. The quantitative estimate of drug-likeness (QED) is 0.486. The van der Waals surface area contributed by atoms with E-state index in [2.05, 4.69) is 0 Å². The van der Waals surface area contributed by atoms with Crippen molar-refractivity contribution in [3.63, 3.8) is 0 Å². The Labute approximate surface area is 43.5 Å². The molecule has 0 heterocycles. The Morgan fingerprint density at radius 3 is 2.57 bits per heavy atom. The molecular weight excluding hydrogens is 88.1 g/mol. The summed E-state index contributed by atoms with van der Waals surface area (Å²) >= 11 is 0. The van der Waals surface area contributed by atoms with Crippen LogP contribution in [-0.2, 0) is 0 Å². The first-order valence-electron chi connectivity index (χ1n) is 2.21. The van der Waals surface area contributed by atoms with Gasteiger partial charge >= 0.3 is 0 Å². The van der Waals surface area contributed by atoms with Gasteiger partial charge in [-0.15, -0.1) is 0 Å². The number of allylic oxidation sites excluding steroid dienone is 1. The van der Waals surface area contributed by atoms with E-state index < -0.39 is 0 Å². The highest BCUT2D eigenvalue weighted by Gasteiger charge is 1.78. The van der Waals surface area contributed by atoms with Crippen molar-refractivity contribution in [3.8, 4) is 0 Å². The summed E-state index contributed by atoms with van der Waals surface area (Å²) in [6.45, 7) is 2.20. The molecule has 40 valence electrons. The second-order valence-corrected chi connectivity index (χ2v) is 1.23. The molecule has 0 aromatic rings. The van der Waals surface area contributed by atoms with Crippen molar-refractivity contribution < 1.29 is 0 Å². The molecule has 0 amide bonds. The van der Waals surface area contributed by atoms with Crippen LogP contribution in [0.25, 0.3) is 0 Å². The molecule has 0 aromatic heterocycles. The van der Waals surface area contributed by atoms with Crippen LogP contribution in [0.3, 0.4) is 0 Å². The first-order valence-corrected chi connectivity index (χ1v) is 2.21. The van der Waals surface area contributed by atoms with Crippen molar-refractivity contribution in [2.45, 2.75) is 6.92 Å². The standard InChI is InChI=1S/C5H10N2/c1-2-3-5(7)4-6/h2-3,7H,4,6H2,1H3/b3-2+,7-5?. The van der Waals surface area contributed by atoms with Crippen molar-refractivity contribution in [1.82, 2.24) is 0 Å². The van der Waals surface area contributed by atoms with Crippen molar-refractivity contribution in [3.05, 3.63) is 12.2 Å². The number of hydrogen-bond acceptors (Lipinski definition) is 2. The molecule has 7 heavy (non-hydrogen) atoms. The van der Waals surface area contributed by atoms with E-state index in [0.717, 1.165) is 0 Å². The predicted octanol–water partition coefficient (Wildman–Crippen LogP) is 0.541. The van der Waals surface area contributed by atoms with Gasteiger partial charge in [0.15, 0.2) is 0 Å².